The summed E-state index contributed by atoms with van der Waals surface area (Å²) in [6, 6.07) is 2.17. The summed E-state index contributed by atoms with van der Waals surface area (Å²) in [6.45, 7) is 9.55. The predicted octanol–water partition coefficient (Wildman–Crippen LogP) is 2.48. The van der Waals surface area contributed by atoms with Crippen LogP contribution in [0.1, 0.15) is 37.9 Å². The van der Waals surface area contributed by atoms with Gasteiger partial charge in [-0.1, -0.05) is 13.8 Å². The maximum absolute atomic E-state index is 5.81. The molecule has 1 saturated heterocycles. The van der Waals surface area contributed by atoms with E-state index in [1.807, 2.05) is 13.1 Å². The molecule has 0 amide bonds. The third kappa shape index (κ3) is 2.78. The SMILES string of the molecule is Cc1cc(N2CCCC(C)(C)C2)c(CN)cn1. The molecular weight excluding hydrogens is 210 g/mol. The predicted molar refractivity (Wildman–Crippen MR) is 72.1 cm³/mol. The molecule has 94 valence electrons. The number of rotatable bonds is 2. The molecule has 0 radical (unpaired) electrons. The number of hydrogen-bond acceptors (Lipinski definition) is 3. The number of piperidine rings is 1. The average molecular weight is 233 g/mol. The Kier molecular flexibility index (Phi) is 3.38. The highest BCUT2D eigenvalue weighted by Crippen LogP contribution is 2.33. The summed E-state index contributed by atoms with van der Waals surface area (Å²) in [5.41, 5.74) is 9.73. The third-order valence-corrected chi connectivity index (χ3v) is 3.56. The van der Waals surface area contributed by atoms with Crippen LogP contribution in [0.5, 0.6) is 0 Å². The Balaban J connectivity index is 2.29. The molecule has 1 fully saturated rings. The molecule has 0 unspecified atom stereocenters. The van der Waals surface area contributed by atoms with Gasteiger partial charge in [-0.25, -0.2) is 0 Å². The van der Waals surface area contributed by atoms with E-state index in [0.717, 1.165) is 24.3 Å². The molecule has 0 bridgehead atoms. The quantitative estimate of drug-likeness (QED) is 0.853. The molecule has 1 aliphatic heterocycles. The normalized spacial score (nSPS) is 19.4. The van der Waals surface area contributed by atoms with Crippen molar-refractivity contribution in [1.82, 2.24) is 4.98 Å². The van der Waals surface area contributed by atoms with Crippen LogP contribution >= 0.6 is 0 Å². The van der Waals surface area contributed by atoms with Crippen molar-refractivity contribution < 1.29 is 0 Å². The molecule has 1 aliphatic rings. The zero-order valence-electron chi connectivity index (χ0n) is 11.2. The van der Waals surface area contributed by atoms with Crippen molar-refractivity contribution >= 4 is 5.69 Å². The fourth-order valence-corrected chi connectivity index (χ4v) is 2.65. The largest absolute Gasteiger partial charge is 0.371 e. The molecule has 1 aromatic heterocycles. The first-order valence-electron chi connectivity index (χ1n) is 6.42. The van der Waals surface area contributed by atoms with Gasteiger partial charge in [0, 0.05) is 42.8 Å². The number of anilines is 1. The second-order valence-corrected chi connectivity index (χ2v) is 5.85. The van der Waals surface area contributed by atoms with Gasteiger partial charge in [-0.15, -0.1) is 0 Å². The van der Waals surface area contributed by atoms with E-state index in [1.54, 1.807) is 0 Å². The van der Waals surface area contributed by atoms with E-state index in [0.29, 0.717) is 12.0 Å². The lowest BCUT2D eigenvalue weighted by molar-refractivity contribution is 0.293. The Labute approximate surface area is 104 Å². The second kappa shape index (κ2) is 4.65. The van der Waals surface area contributed by atoms with E-state index in [9.17, 15) is 0 Å². The molecule has 2 rings (SSSR count). The monoisotopic (exact) mass is 233 g/mol. The zero-order valence-corrected chi connectivity index (χ0v) is 11.2. The first-order valence-corrected chi connectivity index (χ1v) is 6.42. The van der Waals surface area contributed by atoms with Gasteiger partial charge in [0.25, 0.3) is 0 Å². The Morgan fingerprint density at radius 1 is 1.47 bits per heavy atom. The number of nitrogens with two attached hydrogens (primary N) is 1. The summed E-state index contributed by atoms with van der Waals surface area (Å²) in [7, 11) is 0. The highest BCUT2D eigenvalue weighted by molar-refractivity contribution is 5.54. The van der Waals surface area contributed by atoms with Crippen LogP contribution in [0.3, 0.4) is 0 Å². The van der Waals surface area contributed by atoms with Gasteiger partial charge in [-0.2, -0.15) is 0 Å². The molecule has 0 saturated carbocycles. The van der Waals surface area contributed by atoms with Crippen molar-refractivity contribution in [2.45, 2.75) is 40.2 Å². The number of aryl methyl sites for hydroxylation is 1. The summed E-state index contributed by atoms with van der Waals surface area (Å²) in [5.74, 6) is 0. The highest BCUT2D eigenvalue weighted by Gasteiger charge is 2.27. The van der Waals surface area contributed by atoms with Crippen LogP contribution in [0.25, 0.3) is 0 Å². The highest BCUT2D eigenvalue weighted by atomic mass is 15.1. The molecule has 2 N–H and O–H groups in total. The summed E-state index contributed by atoms with van der Waals surface area (Å²) in [5, 5.41) is 0. The molecular formula is C14H23N3. The number of pyridine rings is 1. The van der Waals surface area contributed by atoms with E-state index in [1.165, 1.54) is 18.5 Å². The number of nitrogens with zero attached hydrogens (tertiary/aromatic N) is 2. The van der Waals surface area contributed by atoms with Gasteiger partial charge >= 0.3 is 0 Å². The van der Waals surface area contributed by atoms with Gasteiger partial charge in [0.15, 0.2) is 0 Å². The van der Waals surface area contributed by atoms with E-state index in [4.69, 9.17) is 5.73 Å². The Hall–Kier alpha value is -1.09. The van der Waals surface area contributed by atoms with Crippen LogP contribution in [0, 0.1) is 12.3 Å². The fourth-order valence-electron chi connectivity index (χ4n) is 2.65. The van der Waals surface area contributed by atoms with E-state index in [-0.39, 0.29) is 0 Å². The van der Waals surface area contributed by atoms with Crippen molar-refractivity contribution in [3.63, 3.8) is 0 Å². The molecule has 0 aromatic carbocycles. The molecule has 0 aliphatic carbocycles. The fraction of sp³-hybridized carbons (Fsp3) is 0.643. The molecule has 3 nitrogen and oxygen atoms in total. The van der Waals surface area contributed by atoms with Crippen LogP contribution in [0.2, 0.25) is 0 Å². The summed E-state index contributed by atoms with van der Waals surface area (Å²) in [4.78, 5) is 6.81. The molecule has 1 aromatic rings. The van der Waals surface area contributed by atoms with E-state index >= 15 is 0 Å². The lowest BCUT2D eigenvalue weighted by Gasteiger charge is -2.40. The van der Waals surface area contributed by atoms with Gasteiger partial charge in [0.2, 0.25) is 0 Å². The first-order chi connectivity index (χ1) is 8.02. The maximum atomic E-state index is 5.81. The molecule has 3 heteroatoms. The lowest BCUT2D eigenvalue weighted by atomic mass is 9.84. The molecule has 0 spiro atoms. The standard InChI is InChI=1S/C14H23N3/c1-11-7-13(12(8-15)9-16-11)17-6-4-5-14(2,3)10-17/h7,9H,4-6,8,10,15H2,1-3H3. The van der Waals surface area contributed by atoms with Gasteiger partial charge in [-0.05, 0) is 31.2 Å². The summed E-state index contributed by atoms with van der Waals surface area (Å²) < 4.78 is 0. The van der Waals surface area contributed by atoms with Crippen LogP contribution < -0.4 is 10.6 Å². The molecule has 17 heavy (non-hydrogen) atoms. The minimum Gasteiger partial charge on any atom is -0.371 e. The van der Waals surface area contributed by atoms with Crippen molar-refractivity contribution in [2.75, 3.05) is 18.0 Å². The van der Waals surface area contributed by atoms with Gasteiger partial charge < -0.3 is 10.6 Å². The van der Waals surface area contributed by atoms with Crippen molar-refractivity contribution in [3.05, 3.63) is 23.5 Å². The minimum atomic E-state index is 0.404. The Morgan fingerprint density at radius 2 is 2.24 bits per heavy atom. The van der Waals surface area contributed by atoms with Gasteiger partial charge in [0.1, 0.15) is 0 Å². The van der Waals surface area contributed by atoms with Crippen LogP contribution in [0.15, 0.2) is 12.3 Å². The Bertz CT molecular complexity index is 398. The molecule has 2 heterocycles. The number of aromatic nitrogens is 1. The van der Waals surface area contributed by atoms with Crippen molar-refractivity contribution in [2.24, 2.45) is 11.1 Å². The average Bonchev–Trinajstić information content (AvgIpc) is 2.27. The molecule has 0 atom stereocenters. The first kappa shape index (κ1) is 12.4. The van der Waals surface area contributed by atoms with Crippen LogP contribution in [-0.4, -0.2) is 18.1 Å². The van der Waals surface area contributed by atoms with Crippen LogP contribution in [0.4, 0.5) is 5.69 Å². The lowest BCUT2D eigenvalue weighted by Crippen LogP contribution is -2.40. The van der Waals surface area contributed by atoms with Crippen molar-refractivity contribution in [3.8, 4) is 0 Å². The third-order valence-electron chi connectivity index (χ3n) is 3.56. The van der Waals surface area contributed by atoms with Gasteiger partial charge in [-0.3, -0.25) is 4.98 Å². The van der Waals surface area contributed by atoms with Crippen molar-refractivity contribution in [1.29, 1.82) is 0 Å². The minimum absolute atomic E-state index is 0.404. The Morgan fingerprint density at radius 3 is 2.88 bits per heavy atom. The zero-order chi connectivity index (χ0) is 12.5. The summed E-state index contributed by atoms with van der Waals surface area (Å²) in [6.07, 6.45) is 4.50. The number of hydrogen-bond donors (Lipinski definition) is 1. The topological polar surface area (TPSA) is 42.1 Å². The van der Waals surface area contributed by atoms with E-state index in [2.05, 4.69) is 29.8 Å². The smallest absolute Gasteiger partial charge is 0.0445 e. The second-order valence-electron chi connectivity index (χ2n) is 5.85. The van der Waals surface area contributed by atoms with Crippen LogP contribution in [-0.2, 0) is 6.54 Å². The summed E-state index contributed by atoms with van der Waals surface area (Å²) >= 11 is 0. The van der Waals surface area contributed by atoms with Gasteiger partial charge in [0.05, 0.1) is 0 Å². The maximum Gasteiger partial charge on any atom is 0.0445 e. The van der Waals surface area contributed by atoms with E-state index < -0.39 is 0 Å².